The van der Waals surface area contributed by atoms with Gasteiger partial charge in [-0.25, -0.2) is 0 Å². The number of amides is 1. The molecule has 21 heavy (non-hydrogen) atoms. The SMILES string of the molecule is CN(C(=O)c1cc2ccccc2cc1N)C1CCOCC1. The van der Waals surface area contributed by atoms with Gasteiger partial charge in [0.2, 0.25) is 0 Å². The molecule has 0 unspecified atom stereocenters. The zero-order valence-electron chi connectivity index (χ0n) is 12.2. The molecule has 1 fully saturated rings. The van der Waals surface area contributed by atoms with E-state index in [1.54, 1.807) is 0 Å². The third kappa shape index (κ3) is 2.72. The number of nitrogen functional groups attached to an aromatic ring is 1. The van der Waals surface area contributed by atoms with Crippen LogP contribution in [-0.4, -0.2) is 37.1 Å². The van der Waals surface area contributed by atoms with Crippen LogP contribution in [0.3, 0.4) is 0 Å². The highest BCUT2D eigenvalue weighted by Crippen LogP contribution is 2.24. The Balaban J connectivity index is 1.91. The molecule has 1 aliphatic heterocycles. The van der Waals surface area contributed by atoms with E-state index in [-0.39, 0.29) is 11.9 Å². The summed E-state index contributed by atoms with van der Waals surface area (Å²) in [5, 5.41) is 2.09. The van der Waals surface area contributed by atoms with Crippen LogP contribution in [0, 0.1) is 0 Å². The highest BCUT2D eigenvalue weighted by atomic mass is 16.5. The Bertz CT molecular complexity index is 663. The van der Waals surface area contributed by atoms with Gasteiger partial charge >= 0.3 is 0 Å². The third-order valence-electron chi connectivity index (χ3n) is 4.21. The average Bonchev–Trinajstić information content (AvgIpc) is 2.53. The van der Waals surface area contributed by atoms with Gasteiger partial charge in [-0.2, -0.15) is 0 Å². The first-order chi connectivity index (χ1) is 10.2. The summed E-state index contributed by atoms with van der Waals surface area (Å²) in [6.45, 7) is 1.44. The van der Waals surface area contributed by atoms with Crippen LogP contribution < -0.4 is 5.73 Å². The monoisotopic (exact) mass is 284 g/mol. The molecular formula is C17H20N2O2. The van der Waals surface area contributed by atoms with Crippen LogP contribution in [0.4, 0.5) is 5.69 Å². The predicted octanol–water partition coefficient (Wildman–Crippen LogP) is 2.67. The van der Waals surface area contributed by atoms with E-state index in [1.807, 2.05) is 48.3 Å². The largest absolute Gasteiger partial charge is 0.398 e. The molecule has 1 amide bonds. The minimum atomic E-state index is -0.00912. The van der Waals surface area contributed by atoms with Crippen molar-refractivity contribution < 1.29 is 9.53 Å². The Labute approximate surface area is 124 Å². The molecule has 0 saturated carbocycles. The number of ether oxygens (including phenoxy) is 1. The molecule has 4 heteroatoms. The number of carbonyl (C=O) groups excluding carboxylic acids is 1. The van der Waals surface area contributed by atoms with Crippen molar-refractivity contribution in [2.75, 3.05) is 26.0 Å². The fraction of sp³-hybridized carbons (Fsp3) is 0.353. The van der Waals surface area contributed by atoms with E-state index in [2.05, 4.69) is 0 Å². The Morgan fingerprint density at radius 3 is 2.48 bits per heavy atom. The number of nitrogens with two attached hydrogens (primary N) is 1. The topological polar surface area (TPSA) is 55.6 Å². The molecule has 1 aliphatic rings. The minimum absolute atomic E-state index is 0.00912. The van der Waals surface area contributed by atoms with Gasteiger partial charge in [-0.05, 0) is 35.7 Å². The molecule has 0 spiro atoms. The summed E-state index contributed by atoms with van der Waals surface area (Å²) in [6.07, 6.45) is 1.77. The molecular weight excluding hydrogens is 264 g/mol. The van der Waals surface area contributed by atoms with Crippen LogP contribution in [0.2, 0.25) is 0 Å². The molecule has 0 atom stereocenters. The summed E-state index contributed by atoms with van der Waals surface area (Å²) in [6, 6.07) is 11.9. The number of nitrogens with zero attached hydrogens (tertiary/aromatic N) is 1. The second kappa shape index (κ2) is 5.74. The maximum atomic E-state index is 12.7. The van der Waals surface area contributed by atoms with Crippen molar-refractivity contribution in [2.24, 2.45) is 0 Å². The van der Waals surface area contributed by atoms with Gasteiger partial charge in [0.1, 0.15) is 0 Å². The number of anilines is 1. The second-order valence-electron chi connectivity index (χ2n) is 5.55. The van der Waals surface area contributed by atoms with Crippen molar-refractivity contribution in [1.82, 2.24) is 4.90 Å². The summed E-state index contributed by atoms with van der Waals surface area (Å²) in [5.41, 5.74) is 7.21. The van der Waals surface area contributed by atoms with E-state index in [1.165, 1.54) is 0 Å². The molecule has 2 aromatic carbocycles. The van der Waals surface area contributed by atoms with E-state index in [0.717, 1.165) is 36.8 Å². The molecule has 0 bridgehead atoms. The van der Waals surface area contributed by atoms with Gasteiger partial charge < -0.3 is 15.4 Å². The lowest BCUT2D eigenvalue weighted by molar-refractivity contribution is 0.0363. The molecule has 0 aliphatic carbocycles. The van der Waals surface area contributed by atoms with Gasteiger partial charge in [0, 0.05) is 32.0 Å². The number of carbonyl (C=O) groups is 1. The van der Waals surface area contributed by atoms with Gasteiger partial charge in [0.25, 0.3) is 5.91 Å². The number of benzene rings is 2. The highest BCUT2D eigenvalue weighted by Gasteiger charge is 2.24. The smallest absolute Gasteiger partial charge is 0.255 e. The standard InChI is InChI=1S/C17H20N2O2/c1-19(14-6-8-21-9-7-14)17(20)15-10-12-4-2-3-5-13(12)11-16(15)18/h2-5,10-11,14H,6-9,18H2,1H3. The summed E-state index contributed by atoms with van der Waals surface area (Å²) < 4.78 is 5.35. The van der Waals surface area contributed by atoms with Crippen molar-refractivity contribution in [3.63, 3.8) is 0 Å². The first kappa shape index (κ1) is 13.9. The molecule has 1 saturated heterocycles. The van der Waals surface area contributed by atoms with E-state index in [0.29, 0.717) is 11.3 Å². The molecule has 110 valence electrons. The summed E-state index contributed by atoms with van der Waals surface area (Å²) in [7, 11) is 1.85. The maximum absolute atomic E-state index is 12.7. The summed E-state index contributed by atoms with van der Waals surface area (Å²) >= 11 is 0. The van der Waals surface area contributed by atoms with Crippen LogP contribution in [0.5, 0.6) is 0 Å². The van der Waals surface area contributed by atoms with Crippen LogP contribution in [0.1, 0.15) is 23.2 Å². The van der Waals surface area contributed by atoms with Crippen molar-refractivity contribution in [3.05, 3.63) is 42.0 Å². The van der Waals surface area contributed by atoms with Crippen molar-refractivity contribution in [2.45, 2.75) is 18.9 Å². The summed E-state index contributed by atoms with van der Waals surface area (Å²) in [4.78, 5) is 14.5. The summed E-state index contributed by atoms with van der Waals surface area (Å²) in [5.74, 6) is -0.00912. The maximum Gasteiger partial charge on any atom is 0.255 e. The van der Waals surface area contributed by atoms with Gasteiger partial charge in [0.15, 0.2) is 0 Å². The number of rotatable bonds is 2. The Morgan fingerprint density at radius 1 is 1.19 bits per heavy atom. The fourth-order valence-electron chi connectivity index (χ4n) is 2.87. The van der Waals surface area contributed by atoms with Crippen LogP contribution >= 0.6 is 0 Å². The van der Waals surface area contributed by atoms with Crippen LogP contribution in [-0.2, 0) is 4.74 Å². The van der Waals surface area contributed by atoms with E-state index in [4.69, 9.17) is 10.5 Å². The molecule has 1 heterocycles. The molecule has 2 aromatic rings. The lowest BCUT2D eigenvalue weighted by Gasteiger charge is -2.31. The molecule has 0 radical (unpaired) electrons. The first-order valence-corrected chi connectivity index (χ1v) is 7.30. The minimum Gasteiger partial charge on any atom is -0.398 e. The van der Waals surface area contributed by atoms with Gasteiger partial charge in [-0.15, -0.1) is 0 Å². The Morgan fingerprint density at radius 2 is 1.81 bits per heavy atom. The van der Waals surface area contributed by atoms with Crippen molar-refractivity contribution in [1.29, 1.82) is 0 Å². The van der Waals surface area contributed by atoms with Crippen molar-refractivity contribution >= 4 is 22.4 Å². The van der Waals surface area contributed by atoms with Gasteiger partial charge in [-0.3, -0.25) is 4.79 Å². The van der Waals surface area contributed by atoms with E-state index in [9.17, 15) is 4.79 Å². The molecule has 3 rings (SSSR count). The molecule has 0 aromatic heterocycles. The van der Waals surface area contributed by atoms with Crippen LogP contribution in [0.15, 0.2) is 36.4 Å². The zero-order valence-corrected chi connectivity index (χ0v) is 12.2. The zero-order chi connectivity index (χ0) is 14.8. The van der Waals surface area contributed by atoms with E-state index >= 15 is 0 Å². The number of hydrogen-bond donors (Lipinski definition) is 1. The quantitative estimate of drug-likeness (QED) is 0.863. The molecule has 2 N–H and O–H groups in total. The van der Waals surface area contributed by atoms with Gasteiger partial charge in [-0.1, -0.05) is 24.3 Å². The first-order valence-electron chi connectivity index (χ1n) is 7.30. The van der Waals surface area contributed by atoms with Crippen molar-refractivity contribution in [3.8, 4) is 0 Å². The highest BCUT2D eigenvalue weighted by molar-refractivity contribution is 6.03. The third-order valence-corrected chi connectivity index (χ3v) is 4.21. The lowest BCUT2D eigenvalue weighted by Crippen LogP contribution is -2.40. The molecule has 4 nitrogen and oxygen atoms in total. The average molecular weight is 284 g/mol. The van der Waals surface area contributed by atoms with E-state index < -0.39 is 0 Å². The van der Waals surface area contributed by atoms with Crippen LogP contribution in [0.25, 0.3) is 10.8 Å². The predicted molar refractivity (Wildman–Crippen MR) is 84.3 cm³/mol. The number of hydrogen-bond acceptors (Lipinski definition) is 3. The normalized spacial score (nSPS) is 16.0. The second-order valence-corrected chi connectivity index (χ2v) is 5.55. The lowest BCUT2D eigenvalue weighted by atomic mass is 10.0. The van der Waals surface area contributed by atoms with Gasteiger partial charge in [0.05, 0.1) is 5.56 Å². The Kier molecular flexibility index (Phi) is 3.80. The fourth-order valence-corrected chi connectivity index (χ4v) is 2.87. The number of fused-ring (bicyclic) bond motifs is 1. The Hall–Kier alpha value is -2.07.